The fourth-order valence-electron chi connectivity index (χ4n) is 1.95. The molecule has 1 atom stereocenters. The summed E-state index contributed by atoms with van der Waals surface area (Å²) >= 11 is 0. The lowest BCUT2D eigenvalue weighted by atomic mass is 10.0. The molecule has 0 bridgehead atoms. The number of halogens is 1. The van der Waals surface area contributed by atoms with E-state index in [1.807, 2.05) is 0 Å². The molecule has 3 N–H and O–H groups in total. The van der Waals surface area contributed by atoms with Crippen LogP contribution in [0.25, 0.3) is 0 Å². The summed E-state index contributed by atoms with van der Waals surface area (Å²) in [6.07, 6.45) is 0.145. The standard InChI is InChI=1S/C16H15FN2O2/c17-13-8-4-5-11(9-13)10-14(15(18)20)19-16(21)12-6-2-1-3-7-12/h1-9,14H,10H2,(H2,18,20)(H,19,21)/t14-/m0/s1. The topological polar surface area (TPSA) is 72.2 Å². The summed E-state index contributed by atoms with van der Waals surface area (Å²) in [5.41, 5.74) is 6.32. The van der Waals surface area contributed by atoms with Crippen LogP contribution in [-0.2, 0) is 11.2 Å². The molecule has 0 aromatic heterocycles. The van der Waals surface area contributed by atoms with E-state index in [2.05, 4.69) is 5.32 Å². The summed E-state index contributed by atoms with van der Waals surface area (Å²) in [6, 6.07) is 13.5. The smallest absolute Gasteiger partial charge is 0.251 e. The molecule has 2 aromatic rings. The highest BCUT2D eigenvalue weighted by molar-refractivity contribution is 5.97. The molecule has 2 rings (SSSR count). The van der Waals surface area contributed by atoms with Gasteiger partial charge in [-0.1, -0.05) is 30.3 Å². The quantitative estimate of drug-likeness (QED) is 0.877. The van der Waals surface area contributed by atoms with Crippen LogP contribution in [0.15, 0.2) is 54.6 Å². The van der Waals surface area contributed by atoms with Gasteiger partial charge in [0.05, 0.1) is 0 Å². The van der Waals surface area contributed by atoms with E-state index >= 15 is 0 Å². The van der Waals surface area contributed by atoms with Gasteiger partial charge in [-0.25, -0.2) is 4.39 Å². The Balaban J connectivity index is 2.09. The average molecular weight is 286 g/mol. The number of nitrogens with two attached hydrogens (primary N) is 1. The molecular formula is C16H15FN2O2. The van der Waals surface area contributed by atoms with E-state index in [1.165, 1.54) is 12.1 Å². The van der Waals surface area contributed by atoms with Crippen molar-refractivity contribution in [1.29, 1.82) is 0 Å². The Hall–Kier alpha value is -2.69. The highest BCUT2D eigenvalue weighted by Crippen LogP contribution is 2.07. The van der Waals surface area contributed by atoms with Crippen LogP contribution >= 0.6 is 0 Å². The lowest BCUT2D eigenvalue weighted by molar-refractivity contribution is -0.119. The molecule has 0 heterocycles. The normalized spacial score (nSPS) is 11.7. The van der Waals surface area contributed by atoms with Crippen LogP contribution in [0.4, 0.5) is 4.39 Å². The van der Waals surface area contributed by atoms with Crippen molar-refractivity contribution < 1.29 is 14.0 Å². The van der Waals surface area contributed by atoms with Crippen LogP contribution in [0.2, 0.25) is 0 Å². The first-order chi connectivity index (χ1) is 10.1. The van der Waals surface area contributed by atoms with Crippen molar-refractivity contribution in [3.8, 4) is 0 Å². The first kappa shape index (κ1) is 14.7. The van der Waals surface area contributed by atoms with Crippen LogP contribution in [0.1, 0.15) is 15.9 Å². The molecule has 0 saturated heterocycles. The van der Waals surface area contributed by atoms with E-state index in [4.69, 9.17) is 5.73 Å². The zero-order chi connectivity index (χ0) is 15.2. The third-order valence-electron chi connectivity index (χ3n) is 3.01. The van der Waals surface area contributed by atoms with Gasteiger partial charge in [-0.2, -0.15) is 0 Å². The Morgan fingerprint density at radius 3 is 2.43 bits per heavy atom. The van der Waals surface area contributed by atoms with Crippen LogP contribution in [0, 0.1) is 5.82 Å². The van der Waals surface area contributed by atoms with Gasteiger partial charge in [0.2, 0.25) is 5.91 Å². The summed E-state index contributed by atoms with van der Waals surface area (Å²) in [5.74, 6) is -1.45. The molecule has 0 unspecified atom stereocenters. The van der Waals surface area contributed by atoms with E-state index < -0.39 is 23.7 Å². The molecule has 2 aromatic carbocycles. The summed E-state index contributed by atoms with van der Waals surface area (Å²) in [4.78, 5) is 23.5. The molecular weight excluding hydrogens is 271 g/mol. The van der Waals surface area contributed by atoms with Gasteiger partial charge in [-0.3, -0.25) is 9.59 Å². The summed E-state index contributed by atoms with van der Waals surface area (Å²) in [7, 11) is 0. The zero-order valence-corrected chi connectivity index (χ0v) is 11.3. The number of amides is 2. The predicted molar refractivity (Wildman–Crippen MR) is 77.0 cm³/mol. The maximum atomic E-state index is 13.1. The Morgan fingerprint density at radius 2 is 1.81 bits per heavy atom. The molecule has 0 aliphatic rings. The molecule has 0 spiro atoms. The fraction of sp³-hybridized carbons (Fsp3) is 0.125. The number of nitrogens with one attached hydrogen (secondary N) is 1. The minimum Gasteiger partial charge on any atom is -0.368 e. The summed E-state index contributed by atoms with van der Waals surface area (Å²) < 4.78 is 13.1. The second-order valence-electron chi connectivity index (χ2n) is 4.63. The lowest BCUT2D eigenvalue weighted by Crippen LogP contribution is -2.45. The molecule has 108 valence electrons. The van der Waals surface area contributed by atoms with Gasteiger partial charge in [-0.05, 0) is 29.8 Å². The molecule has 5 heteroatoms. The Bertz CT molecular complexity index is 644. The van der Waals surface area contributed by atoms with Gasteiger partial charge in [0.15, 0.2) is 0 Å². The molecule has 2 amide bonds. The first-order valence-corrected chi connectivity index (χ1v) is 6.46. The van der Waals surface area contributed by atoms with Gasteiger partial charge in [-0.15, -0.1) is 0 Å². The minimum absolute atomic E-state index is 0.145. The SMILES string of the molecule is NC(=O)[C@H](Cc1cccc(F)c1)NC(=O)c1ccccc1. The van der Waals surface area contributed by atoms with Gasteiger partial charge < -0.3 is 11.1 Å². The maximum Gasteiger partial charge on any atom is 0.251 e. The third kappa shape index (κ3) is 4.14. The third-order valence-corrected chi connectivity index (χ3v) is 3.01. The summed E-state index contributed by atoms with van der Waals surface area (Å²) in [6.45, 7) is 0. The van der Waals surface area contributed by atoms with Gasteiger partial charge in [0.1, 0.15) is 11.9 Å². The number of hydrogen-bond acceptors (Lipinski definition) is 2. The number of benzene rings is 2. The van der Waals surface area contributed by atoms with Crippen LogP contribution < -0.4 is 11.1 Å². The molecule has 0 radical (unpaired) electrons. The van der Waals surface area contributed by atoms with Gasteiger partial charge in [0, 0.05) is 12.0 Å². The van der Waals surface area contributed by atoms with Crippen LogP contribution in [0.3, 0.4) is 0 Å². The van der Waals surface area contributed by atoms with Gasteiger partial charge >= 0.3 is 0 Å². The van der Waals surface area contributed by atoms with Crippen LogP contribution in [0.5, 0.6) is 0 Å². The van der Waals surface area contributed by atoms with Crippen molar-refractivity contribution in [2.45, 2.75) is 12.5 Å². The second-order valence-corrected chi connectivity index (χ2v) is 4.63. The Labute approximate surface area is 121 Å². The summed E-state index contributed by atoms with van der Waals surface area (Å²) in [5, 5.41) is 2.56. The van der Waals surface area contributed by atoms with Crippen molar-refractivity contribution >= 4 is 11.8 Å². The van der Waals surface area contributed by atoms with E-state index in [9.17, 15) is 14.0 Å². The lowest BCUT2D eigenvalue weighted by Gasteiger charge is -2.15. The molecule has 0 fully saturated rings. The molecule has 0 aliphatic carbocycles. The molecule has 0 aliphatic heterocycles. The first-order valence-electron chi connectivity index (χ1n) is 6.46. The highest BCUT2D eigenvalue weighted by atomic mass is 19.1. The molecule has 21 heavy (non-hydrogen) atoms. The Kier molecular flexibility index (Phi) is 4.66. The maximum absolute atomic E-state index is 13.1. The molecule has 4 nitrogen and oxygen atoms in total. The monoisotopic (exact) mass is 286 g/mol. The van der Waals surface area contributed by atoms with Gasteiger partial charge in [0.25, 0.3) is 5.91 Å². The number of carbonyl (C=O) groups excluding carboxylic acids is 2. The van der Waals surface area contributed by atoms with Crippen LogP contribution in [-0.4, -0.2) is 17.9 Å². The van der Waals surface area contributed by atoms with E-state index in [0.29, 0.717) is 11.1 Å². The second kappa shape index (κ2) is 6.65. The number of rotatable bonds is 5. The van der Waals surface area contributed by atoms with Crippen molar-refractivity contribution in [2.75, 3.05) is 0 Å². The predicted octanol–water partition coefficient (Wildman–Crippen LogP) is 1.65. The van der Waals surface area contributed by atoms with Crippen molar-refractivity contribution in [3.05, 3.63) is 71.5 Å². The molecule has 0 saturated carbocycles. The largest absolute Gasteiger partial charge is 0.368 e. The van der Waals surface area contributed by atoms with E-state index in [0.717, 1.165) is 0 Å². The fourth-order valence-corrected chi connectivity index (χ4v) is 1.95. The highest BCUT2D eigenvalue weighted by Gasteiger charge is 2.19. The van der Waals surface area contributed by atoms with Crippen molar-refractivity contribution in [3.63, 3.8) is 0 Å². The number of carbonyl (C=O) groups is 2. The Morgan fingerprint density at radius 1 is 1.10 bits per heavy atom. The van der Waals surface area contributed by atoms with Crippen molar-refractivity contribution in [1.82, 2.24) is 5.32 Å². The van der Waals surface area contributed by atoms with Crippen molar-refractivity contribution in [2.24, 2.45) is 5.73 Å². The van der Waals surface area contributed by atoms with E-state index in [-0.39, 0.29) is 6.42 Å². The number of primary amides is 1. The number of hydrogen-bond donors (Lipinski definition) is 2. The van der Waals surface area contributed by atoms with E-state index in [1.54, 1.807) is 42.5 Å². The average Bonchev–Trinajstić information content (AvgIpc) is 2.47. The minimum atomic E-state index is -0.889. The zero-order valence-electron chi connectivity index (χ0n) is 11.3.